The molecule has 9 nitrogen and oxygen atoms in total. The van der Waals surface area contributed by atoms with Crippen LogP contribution in [-0.2, 0) is 25.3 Å². The molecular formula is C26H21F3N2O7S2. The first kappa shape index (κ1) is 27.8. The molecule has 210 valence electrons. The van der Waals surface area contributed by atoms with E-state index in [1.807, 2.05) is 0 Å². The van der Waals surface area contributed by atoms with Crippen LogP contribution in [0.15, 0.2) is 52.3 Å². The Bertz CT molecular complexity index is 1550. The molecule has 1 fully saturated rings. The highest BCUT2D eigenvalue weighted by Crippen LogP contribution is 2.54. The minimum Gasteiger partial charge on any atom is -0.493 e. The molecule has 1 saturated heterocycles. The number of H-pyrrole nitrogens is 1. The fraction of sp³-hybridized carbons (Fsp3) is 0.308. The van der Waals surface area contributed by atoms with Crippen molar-refractivity contribution in [3.8, 4) is 11.5 Å². The van der Waals surface area contributed by atoms with Crippen LogP contribution in [0.3, 0.4) is 0 Å². The van der Waals surface area contributed by atoms with Crippen LogP contribution in [0.1, 0.15) is 28.8 Å². The Morgan fingerprint density at radius 1 is 1.07 bits per heavy atom. The van der Waals surface area contributed by atoms with Gasteiger partial charge in [-0.3, -0.25) is 14.4 Å². The number of carbonyl (C=O) groups is 3. The molecule has 1 N–H and O–H groups in total. The number of halogens is 3. The molecule has 14 heteroatoms. The lowest BCUT2D eigenvalue weighted by molar-refractivity contribution is -0.145. The normalized spacial score (nSPS) is 20.2. The Morgan fingerprint density at radius 2 is 1.82 bits per heavy atom. The molecule has 0 radical (unpaired) electrons. The molecule has 2 aromatic carbocycles. The van der Waals surface area contributed by atoms with Crippen molar-refractivity contribution in [2.75, 3.05) is 25.2 Å². The minimum atomic E-state index is -4.80. The van der Waals surface area contributed by atoms with E-state index in [0.29, 0.717) is 20.4 Å². The lowest BCUT2D eigenvalue weighted by Crippen LogP contribution is -2.33. The van der Waals surface area contributed by atoms with Crippen LogP contribution >= 0.6 is 23.1 Å². The van der Waals surface area contributed by atoms with E-state index in [0.717, 1.165) is 35.2 Å². The number of aromatic nitrogens is 1. The van der Waals surface area contributed by atoms with Crippen molar-refractivity contribution < 1.29 is 41.8 Å². The van der Waals surface area contributed by atoms with Gasteiger partial charge in [-0.05, 0) is 36.8 Å². The maximum absolute atomic E-state index is 13.8. The van der Waals surface area contributed by atoms with Crippen LogP contribution in [0.25, 0.3) is 0 Å². The van der Waals surface area contributed by atoms with Crippen molar-refractivity contribution in [2.45, 2.75) is 29.3 Å². The number of thiazole rings is 1. The quantitative estimate of drug-likeness (QED) is 0.320. The van der Waals surface area contributed by atoms with E-state index in [9.17, 15) is 32.3 Å². The molecule has 3 atom stereocenters. The van der Waals surface area contributed by atoms with E-state index in [2.05, 4.69) is 4.98 Å². The fourth-order valence-corrected chi connectivity index (χ4v) is 7.37. The zero-order valence-corrected chi connectivity index (χ0v) is 22.6. The predicted molar refractivity (Wildman–Crippen MR) is 139 cm³/mol. The number of hydrogen-bond acceptors (Lipinski definition) is 9. The summed E-state index contributed by atoms with van der Waals surface area (Å²) in [6, 6.07) is 9.07. The average Bonchev–Trinajstić information content (AvgIpc) is 3.41. The highest BCUT2D eigenvalue weighted by Gasteiger charge is 2.57. The van der Waals surface area contributed by atoms with E-state index in [1.54, 1.807) is 19.1 Å². The molecule has 1 aromatic heterocycles. The van der Waals surface area contributed by atoms with Crippen molar-refractivity contribution in [1.82, 2.24) is 4.98 Å². The van der Waals surface area contributed by atoms with Gasteiger partial charge in [0, 0.05) is 10.8 Å². The fourth-order valence-electron chi connectivity index (χ4n) is 4.86. The highest BCUT2D eigenvalue weighted by molar-refractivity contribution is 8.00. The second-order valence-electron chi connectivity index (χ2n) is 8.78. The standard InChI is InChI=1S/C26H21F3N2O7S2/c1-3-37-17(32)11-38-15-9-8-12(10-16(15)36-2)18-19-21(39-22-20(18)40-25(35)30-22)24(34)31(23(19)33)14-7-5-4-6-13(14)26(27,28)29/h4-10,18-19,21H,3,11H2,1-2H3,(H,30,35)/t18-,19-,21+/m0/s1. The lowest BCUT2D eigenvalue weighted by Gasteiger charge is -2.30. The van der Waals surface area contributed by atoms with E-state index in [4.69, 9.17) is 14.2 Å². The second-order valence-corrected chi connectivity index (χ2v) is 10.9. The molecule has 3 aromatic rings. The van der Waals surface area contributed by atoms with Crippen molar-refractivity contribution in [2.24, 2.45) is 5.92 Å². The number of nitrogens with zero attached hydrogens (tertiary/aromatic N) is 1. The van der Waals surface area contributed by atoms with Crippen molar-refractivity contribution >= 4 is 46.6 Å². The molecule has 0 saturated carbocycles. The van der Waals surface area contributed by atoms with Gasteiger partial charge in [0.2, 0.25) is 11.8 Å². The number of methoxy groups -OCH3 is 1. The summed E-state index contributed by atoms with van der Waals surface area (Å²) in [6.45, 7) is 1.46. The predicted octanol–water partition coefficient (Wildman–Crippen LogP) is 4.20. The molecule has 0 spiro atoms. The van der Waals surface area contributed by atoms with E-state index < -0.39 is 57.2 Å². The molecule has 2 aliphatic rings. The summed E-state index contributed by atoms with van der Waals surface area (Å²) in [5.41, 5.74) is -1.18. The van der Waals surface area contributed by atoms with Crippen LogP contribution in [0, 0.1) is 5.92 Å². The molecule has 0 unspecified atom stereocenters. The number of imide groups is 1. The lowest BCUT2D eigenvalue weighted by atomic mass is 9.83. The molecule has 2 amide bonds. The summed E-state index contributed by atoms with van der Waals surface area (Å²) in [4.78, 5) is 54.7. The number of para-hydroxylation sites is 1. The number of fused-ring (bicyclic) bond motifs is 2. The summed E-state index contributed by atoms with van der Waals surface area (Å²) in [5.74, 6) is -3.74. The third-order valence-electron chi connectivity index (χ3n) is 6.47. The van der Waals surface area contributed by atoms with Gasteiger partial charge in [-0.25, -0.2) is 9.69 Å². The number of amides is 2. The number of carbonyl (C=O) groups excluding carboxylic acids is 3. The SMILES string of the molecule is CCOC(=O)COc1ccc([C@@H]2c3sc(=O)[nH]c3S[C@H]3C(=O)N(c4ccccc4C(F)(F)F)C(=O)[C@@H]23)cc1OC. The van der Waals surface area contributed by atoms with E-state index in [1.165, 1.54) is 25.3 Å². The van der Waals surface area contributed by atoms with Gasteiger partial charge >= 0.3 is 17.0 Å². The minimum absolute atomic E-state index is 0.180. The van der Waals surface area contributed by atoms with Crippen LogP contribution in [0.4, 0.5) is 18.9 Å². The number of anilines is 1. The zero-order chi connectivity index (χ0) is 28.8. The van der Waals surface area contributed by atoms with Gasteiger partial charge in [-0.2, -0.15) is 13.2 Å². The summed E-state index contributed by atoms with van der Waals surface area (Å²) in [7, 11) is 1.37. The third-order valence-corrected chi connectivity index (χ3v) is 8.87. The number of aromatic amines is 1. The Balaban J connectivity index is 1.57. The van der Waals surface area contributed by atoms with Gasteiger partial charge in [-0.15, -0.1) is 0 Å². The number of thioether (sulfide) groups is 1. The van der Waals surface area contributed by atoms with Crippen molar-refractivity contribution in [1.29, 1.82) is 0 Å². The largest absolute Gasteiger partial charge is 0.493 e. The Labute approximate surface area is 233 Å². The Kier molecular flexibility index (Phi) is 7.40. The first-order chi connectivity index (χ1) is 19.0. The average molecular weight is 595 g/mol. The highest BCUT2D eigenvalue weighted by atomic mass is 32.2. The first-order valence-corrected chi connectivity index (χ1v) is 13.6. The summed E-state index contributed by atoms with van der Waals surface area (Å²) < 4.78 is 57.2. The van der Waals surface area contributed by atoms with Gasteiger partial charge in [0.1, 0.15) is 5.25 Å². The number of benzene rings is 2. The number of nitrogens with one attached hydrogen (secondary N) is 1. The topological polar surface area (TPSA) is 115 Å². The van der Waals surface area contributed by atoms with E-state index >= 15 is 0 Å². The van der Waals surface area contributed by atoms with Crippen LogP contribution in [0.2, 0.25) is 0 Å². The monoisotopic (exact) mass is 594 g/mol. The summed E-state index contributed by atoms with van der Waals surface area (Å²) in [6.07, 6.45) is -4.80. The van der Waals surface area contributed by atoms with Gasteiger partial charge < -0.3 is 19.2 Å². The maximum Gasteiger partial charge on any atom is 0.418 e. The summed E-state index contributed by atoms with van der Waals surface area (Å²) in [5, 5.41) is -0.711. The molecule has 0 aliphatic carbocycles. The van der Waals surface area contributed by atoms with Gasteiger partial charge in [-0.1, -0.05) is 41.3 Å². The molecular weight excluding hydrogens is 573 g/mol. The number of ether oxygens (including phenoxy) is 3. The molecule has 2 aliphatic heterocycles. The zero-order valence-electron chi connectivity index (χ0n) is 20.9. The smallest absolute Gasteiger partial charge is 0.418 e. The van der Waals surface area contributed by atoms with Crippen LogP contribution < -0.4 is 19.2 Å². The van der Waals surface area contributed by atoms with Crippen LogP contribution in [0.5, 0.6) is 11.5 Å². The molecule has 40 heavy (non-hydrogen) atoms. The Hall–Kier alpha value is -3.78. The van der Waals surface area contributed by atoms with Gasteiger partial charge in [0.25, 0.3) is 0 Å². The van der Waals surface area contributed by atoms with Gasteiger partial charge in [0.15, 0.2) is 18.1 Å². The van der Waals surface area contributed by atoms with Crippen LogP contribution in [-0.4, -0.2) is 48.3 Å². The van der Waals surface area contributed by atoms with Crippen molar-refractivity contribution in [3.05, 3.63) is 68.1 Å². The van der Waals surface area contributed by atoms with Gasteiger partial charge in [0.05, 0.1) is 35.9 Å². The first-order valence-electron chi connectivity index (χ1n) is 11.9. The number of alkyl halides is 3. The van der Waals surface area contributed by atoms with Crippen molar-refractivity contribution in [3.63, 3.8) is 0 Å². The Morgan fingerprint density at radius 3 is 2.52 bits per heavy atom. The van der Waals surface area contributed by atoms with E-state index in [-0.39, 0.29) is 24.7 Å². The molecule has 0 bridgehead atoms. The molecule has 3 heterocycles. The number of hydrogen-bond donors (Lipinski definition) is 1. The number of rotatable bonds is 7. The summed E-state index contributed by atoms with van der Waals surface area (Å²) >= 11 is 1.81. The maximum atomic E-state index is 13.8. The second kappa shape index (κ2) is 10.7. The molecule has 5 rings (SSSR count). The number of esters is 1. The third kappa shape index (κ3) is 4.85.